The lowest BCUT2D eigenvalue weighted by atomic mass is 9.90. The normalized spacial score (nSPS) is 14.6. The maximum Gasteiger partial charge on any atom is 0.244 e. The molecule has 3 heteroatoms. The third-order valence-electron chi connectivity index (χ3n) is 2.15. The smallest absolute Gasteiger partial charge is 0.244 e. The number of rotatable bonds is 5. The topological polar surface area (TPSA) is 55.1 Å². The van der Waals surface area contributed by atoms with Crippen LogP contribution in [-0.2, 0) is 4.79 Å². The van der Waals surface area contributed by atoms with Gasteiger partial charge in [0.15, 0.2) is 0 Å². The quantitative estimate of drug-likeness (QED) is 0.683. The van der Waals surface area contributed by atoms with Gasteiger partial charge in [0.05, 0.1) is 0 Å². The SMILES string of the molecule is CC(C)=CC(=O)NC(C)(CN)CC(C)C. The summed E-state index contributed by atoms with van der Waals surface area (Å²) in [7, 11) is 0. The number of hydrogen-bond donors (Lipinski definition) is 2. The minimum absolute atomic E-state index is 0.0522. The van der Waals surface area contributed by atoms with Gasteiger partial charge in [0.25, 0.3) is 0 Å². The fourth-order valence-electron chi connectivity index (χ4n) is 1.68. The molecule has 0 bridgehead atoms. The molecule has 0 spiro atoms. The van der Waals surface area contributed by atoms with Crippen molar-refractivity contribution in [2.24, 2.45) is 11.7 Å². The van der Waals surface area contributed by atoms with E-state index >= 15 is 0 Å². The van der Waals surface area contributed by atoms with Crippen molar-refractivity contribution in [3.8, 4) is 0 Å². The second-order valence-electron chi connectivity index (χ2n) is 5.07. The summed E-state index contributed by atoms with van der Waals surface area (Å²) < 4.78 is 0. The van der Waals surface area contributed by atoms with Gasteiger partial charge >= 0.3 is 0 Å². The van der Waals surface area contributed by atoms with Gasteiger partial charge in [0.2, 0.25) is 5.91 Å². The van der Waals surface area contributed by atoms with Crippen LogP contribution in [0, 0.1) is 5.92 Å². The highest BCUT2D eigenvalue weighted by atomic mass is 16.1. The van der Waals surface area contributed by atoms with Crippen LogP contribution in [0.5, 0.6) is 0 Å². The molecule has 0 aliphatic rings. The number of allylic oxidation sites excluding steroid dienone is 1. The first-order valence-corrected chi connectivity index (χ1v) is 5.46. The summed E-state index contributed by atoms with van der Waals surface area (Å²) >= 11 is 0. The molecule has 0 aromatic heterocycles. The van der Waals surface area contributed by atoms with Crippen molar-refractivity contribution >= 4 is 5.91 Å². The van der Waals surface area contributed by atoms with E-state index < -0.39 is 0 Å². The van der Waals surface area contributed by atoms with Crippen LogP contribution >= 0.6 is 0 Å². The molecule has 1 amide bonds. The lowest BCUT2D eigenvalue weighted by Gasteiger charge is -2.30. The predicted molar refractivity (Wildman–Crippen MR) is 64.5 cm³/mol. The van der Waals surface area contributed by atoms with Gasteiger partial charge in [-0.25, -0.2) is 0 Å². The molecule has 0 heterocycles. The minimum Gasteiger partial charge on any atom is -0.346 e. The van der Waals surface area contributed by atoms with E-state index in [1.807, 2.05) is 20.8 Å². The van der Waals surface area contributed by atoms with Gasteiger partial charge in [-0.1, -0.05) is 19.4 Å². The summed E-state index contributed by atoms with van der Waals surface area (Å²) in [5, 5.41) is 2.97. The van der Waals surface area contributed by atoms with E-state index in [2.05, 4.69) is 19.2 Å². The molecule has 88 valence electrons. The molecule has 15 heavy (non-hydrogen) atoms. The molecule has 0 aromatic rings. The van der Waals surface area contributed by atoms with Crippen LogP contribution in [0.25, 0.3) is 0 Å². The number of amides is 1. The summed E-state index contributed by atoms with van der Waals surface area (Å²) in [6.07, 6.45) is 2.50. The number of carbonyl (C=O) groups excluding carboxylic acids is 1. The van der Waals surface area contributed by atoms with Crippen molar-refractivity contribution in [3.63, 3.8) is 0 Å². The van der Waals surface area contributed by atoms with E-state index in [0.29, 0.717) is 12.5 Å². The standard InChI is InChI=1S/C12H24N2O/c1-9(2)6-11(15)14-12(5,8-13)7-10(3)4/h6,10H,7-8,13H2,1-5H3,(H,14,15). The molecule has 1 atom stereocenters. The van der Waals surface area contributed by atoms with E-state index in [9.17, 15) is 4.79 Å². The first-order valence-electron chi connectivity index (χ1n) is 5.46. The third-order valence-corrected chi connectivity index (χ3v) is 2.15. The van der Waals surface area contributed by atoms with Crippen molar-refractivity contribution in [2.45, 2.75) is 46.6 Å². The van der Waals surface area contributed by atoms with Crippen LogP contribution in [0.15, 0.2) is 11.6 Å². The highest BCUT2D eigenvalue weighted by molar-refractivity contribution is 5.88. The molecule has 0 rings (SSSR count). The Hall–Kier alpha value is -0.830. The van der Waals surface area contributed by atoms with E-state index in [1.54, 1.807) is 6.08 Å². The fraction of sp³-hybridized carbons (Fsp3) is 0.750. The summed E-state index contributed by atoms with van der Waals surface area (Å²) in [5.74, 6) is 0.467. The minimum atomic E-state index is -0.294. The number of carbonyl (C=O) groups is 1. The maximum absolute atomic E-state index is 11.6. The van der Waals surface area contributed by atoms with Crippen LogP contribution < -0.4 is 11.1 Å². The fourth-order valence-corrected chi connectivity index (χ4v) is 1.68. The Morgan fingerprint density at radius 1 is 1.47 bits per heavy atom. The summed E-state index contributed by atoms with van der Waals surface area (Å²) in [6, 6.07) is 0. The Morgan fingerprint density at radius 2 is 2.00 bits per heavy atom. The van der Waals surface area contributed by atoms with Crippen molar-refractivity contribution in [2.75, 3.05) is 6.54 Å². The highest BCUT2D eigenvalue weighted by Crippen LogP contribution is 2.15. The van der Waals surface area contributed by atoms with Crippen molar-refractivity contribution in [1.29, 1.82) is 0 Å². The van der Waals surface area contributed by atoms with Crippen LogP contribution in [0.3, 0.4) is 0 Å². The molecule has 0 radical (unpaired) electrons. The number of hydrogen-bond acceptors (Lipinski definition) is 2. The van der Waals surface area contributed by atoms with Crippen molar-refractivity contribution < 1.29 is 4.79 Å². The van der Waals surface area contributed by atoms with Gasteiger partial charge in [-0.15, -0.1) is 0 Å². The van der Waals surface area contributed by atoms with Gasteiger partial charge in [-0.05, 0) is 33.1 Å². The van der Waals surface area contributed by atoms with Gasteiger partial charge in [-0.2, -0.15) is 0 Å². The van der Waals surface area contributed by atoms with Gasteiger partial charge in [-0.3, -0.25) is 4.79 Å². The lowest BCUT2D eigenvalue weighted by molar-refractivity contribution is -0.118. The monoisotopic (exact) mass is 212 g/mol. The summed E-state index contributed by atoms with van der Waals surface area (Å²) in [5.41, 5.74) is 6.40. The Bertz CT molecular complexity index is 242. The van der Waals surface area contributed by atoms with Gasteiger partial charge < -0.3 is 11.1 Å². The highest BCUT2D eigenvalue weighted by Gasteiger charge is 2.24. The average molecular weight is 212 g/mol. The Kier molecular flexibility index (Phi) is 5.58. The predicted octanol–water partition coefficient (Wildman–Crippen LogP) is 1.83. The zero-order valence-corrected chi connectivity index (χ0v) is 10.6. The molecular formula is C12H24N2O. The van der Waals surface area contributed by atoms with E-state index in [-0.39, 0.29) is 11.4 Å². The average Bonchev–Trinajstić information content (AvgIpc) is 2.00. The molecule has 3 nitrogen and oxygen atoms in total. The molecule has 3 N–H and O–H groups in total. The zero-order chi connectivity index (χ0) is 12.1. The lowest BCUT2D eigenvalue weighted by Crippen LogP contribution is -2.51. The molecule has 0 aromatic carbocycles. The van der Waals surface area contributed by atoms with Crippen LogP contribution in [-0.4, -0.2) is 18.0 Å². The molecular weight excluding hydrogens is 188 g/mol. The Labute approximate surface area is 93.1 Å². The first kappa shape index (κ1) is 14.2. The molecule has 0 fully saturated rings. The molecule has 0 aliphatic heterocycles. The summed E-state index contributed by atoms with van der Waals surface area (Å²) in [6.45, 7) is 10.5. The third kappa shape index (κ3) is 6.28. The van der Waals surface area contributed by atoms with E-state index in [4.69, 9.17) is 5.73 Å². The Morgan fingerprint density at radius 3 is 2.33 bits per heavy atom. The van der Waals surface area contributed by atoms with Crippen molar-refractivity contribution in [1.82, 2.24) is 5.32 Å². The van der Waals surface area contributed by atoms with Crippen LogP contribution in [0.4, 0.5) is 0 Å². The second kappa shape index (κ2) is 5.91. The molecule has 0 saturated heterocycles. The molecule has 0 saturated carbocycles. The maximum atomic E-state index is 11.6. The van der Waals surface area contributed by atoms with Gasteiger partial charge in [0, 0.05) is 18.2 Å². The second-order valence-corrected chi connectivity index (χ2v) is 5.07. The largest absolute Gasteiger partial charge is 0.346 e. The molecule has 0 aliphatic carbocycles. The van der Waals surface area contributed by atoms with E-state index in [1.165, 1.54) is 0 Å². The molecule has 1 unspecified atom stereocenters. The Balaban J connectivity index is 4.43. The van der Waals surface area contributed by atoms with Gasteiger partial charge in [0.1, 0.15) is 0 Å². The zero-order valence-electron chi connectivity index (χ0n) is 10.6. The number of nitrogens with two attached hydrogens (primary N) is 1. The van der Waals surface area contributed by atoms with Crippen LogP contribution in [0.2, 0.25) is 0 Å². The first-order chi connectivity index (χ1) is 6.79. The van der Waals surface area contributed by atoms with E-state index in [0.717, 1.165) is 12.0 Å². The number of nitrogens with one attached hydrogen (secondary N) is 1. The van der Waals surface area contributed by atoms with Crippen LogP contribution in [0.1, 0.15) is 41.0 Å². The van der Waals surface area contributed by atoms with Crippen molar-refractivity contribution in [3.05, 3.63) is 11.6 Å². The summed E-state index contributed by atoms with van der Waals surface area (Å²) in [4.78, 5) is 11.6.